The van der Waals surface area contributed by atoms with Crippen LogP contribution in [0.5, 0.6) is 0 Å². The number of hydrogen-bond donors (Lipinski definition) is 3. The Kier molecular flexibility index (Phi) is 6.08. The zero-order valence-electron chi connectivity index (χ0n) is 20.4. The quantitative estimate of drug-likeness (QED) is 0.533. The van der Waals surface area contributed by atoms with Gasteiger partial charge in [-0.2, -0.15) is 0 Å². The molecule has 3 unspecified atom stereocenters. The summed E-state index contributed by atoms with van der Waals surface area (Å²) < 4.78 is 0. The Bertz CT molecular complexity index is 693. The van der Waals surface area contributed by atoms with Crippen LogP contribution in [0.15, 0.2) is 0 Å². The summed E-state index contributed by atoms with van der Waals surface area (Å²) in [5.74, 6) is 1.99. The molecule has 31 heavy (non-hydrogen) atoms. The monoisotopic (exact) mass is 434 g/mol. The minimum absolute atomic E-state index is 0.000522. The van der Waals surface area contributed by atoms with Crippen LogP contribution in [0.4, 0.5) is 0 Å². The van der Waals surface area contributed by atoms with E-state index >= 15 is 0 Å². The molecule has 4 aliphatic rings. The first kappa shape index (κ1) is 23.5. The summed E-state index contributed by atoms with van der Waals surface area (Å²) in [6.45, 7) is 11.8. The Morgan fingerprint density at radius 1 is 1.00 bits per heavy atom. The molecule has 4 saturated carbocycles. The second kappa shape index (κ2) is 8.01. The summed E-state index contributed by atoms with van der Waals surface area (Å²) >= 11 is 0. The van der Waals surface area contributed by atoms with Gasteiger partial charge in [0.2, 0.25) is 0 Å². The van der Waals surface area contributed by atoms with Crippen molar-refractivity contribution in [3.05, 3.63) is 0 Å². The molecular weight excluding hydrogens is 388 g/mol. The second-order valence-corrected chi connectivity index (χ2v) is 12.7. The Morgan fingerprint density at radius 2 is 1.71 bits per heavy atom. The van der Waals surface area contributed by atoms with Crippen molar-refractivity contribution in [1.82, 2.24) is 0 Å². The van der Waals surface area contributed by atoms with Crippen molar-refractivity contribution in [1.29, 1.82) is 0 Å². The Balaban J connectivity index is 1.65. The molecule has 0 radical (unpaired) electrons. The Hall–Kier alpha value is -0.610. The first-order chi connectivity index (χ1) is 14.5. The van der Waals surface area contributed by atoms with E-state index in [1.54, 1.807) is 0 Å². The lowest BCUT2D eigenvalue weighted by atomic mass is 9.36. The number of fused-ring (bicyclic) bond motifs is 5. The van der Waals surface area contributed by atoms with E-state index in [2.05, 4.69) is 34.6 Å². The number of carboxylic acids is 1. The maximum Gasteiger partial charge on any atom is 0.303 e. The fourth-order valence-corrected chi connectivity index (χ4v) is 10.0. The SMILES string of the molecule is CC[C@H]1[C@@H](O)C2C3CC[C@H]([C@H](C)CCC(=O)O)[C@@]3(C)CCC2[C@@]2(C)CC[C@@H](O)C[C@@]12C. The van der Waals surface area contributed by atoms with E-state index in [-0.39, 0.29) is 40.8 Å². The van der Waals surface area contributed by atoms with Gasteiger partial charge in [-0.25, -0.2) is 0 Å². The van der Waals surface area contributed by atoms with E-state index in [1.165, 1.54) is 25.7 Å². The summed E-state index contributed by atoms with van der Waals surface area (Å²) in [7, 11) is 0. The molecule has 0 heterocycles. The number of rotatable bonds is 5. The average Bonchev–Trinajstić information content (AvgIpc) is 3.05. The highest BCUT2D eigenvalue weighted by Gasteiger charge is 2.68. The van der Waals surface area contributed by atoms with Gasteiger partial charge < -0.3 is 15.3 Å². The molecule has 0 amide bonds. The maximum atomic E-state index is 11.9. The molecule has 4 rings (SSSR count). The van der Waals surface area contributed by atoms with E-state index in [0.717, 1.165) is 32.1 Å². The highest BCUT2D eigenvalue weighted by atomic mass is 16.4. The predicted molar refractivity (Wildman–Crippen MR) is 122 cm³/mol. The molecular formula is C27H46O4. The second-order valence-electron chi connectivity index (χ2n) is 12.7. The van der Waals surface area contributed by atoms with Crippen molar-refractivity contribution in [3.63, 3.8) is 0 Å². The number of aliphatic hydroxyl groups is 2. The van der Waals surface area contributed by atoms with Gasteiger partial charge in [0.15, 0.2) is 0 Å². The lowest BCUT2D eigenvalue weighted by Gasteiger charge is -2.69. The van der Waals surface area contributed by atoms with Gasteiger partial charge in [-0.05, 0) is 103 Å². The molecule has 0 aliphatic heterocycles. The normalized spacial score (nSPS) is 52.7. The minimum Gasteiger partial charge on any atom is -0.481 e. The zero-order chi connectivity index (χ0) is 22.8. The molecule has 0 aromatic heterocycles. The van der Waals surface area contributed by atoms with E-state index in [0.29, 0.717) is 29.6 Å². The molecule has 0 spiro atoms. The largest absolute Gasteiger partial charge is 0.481 e. The van der Waals surface area contributed by atoms with Gasteiger partial charge >= 0.3 is 5.97 Å². The molecule has 11 atom stereocenters. The molecule has 4 nitrogen and oxygen atoms in total. The lowest BCUT2D eigenvalue weighted by molar-refractivity contribution is -0.243. The van der Waals surface area contributed by atoms with Gasteiger partial charge in [-0.1, -0.05) is 41.0 Å². The van der Waals surface area contributed by atoms with Gasteiger partial charge in [0.25, 0.3) is 0 Å². The van der Waals surface area contributed by atoms with Gasteiger partial charge in [0.1, 0.15) is 0 Å². The molecule has 4 aliphatic carbocycles. The van der Waals surface area contributed by atoms with E-state index in [9.17, 15) is 20.1 Å². The number of hydrogen-bond acceptors (Lipinski definition) is 3. The third-order valence-electron chi connectivity index (χ3n) is 11.8. The molecule has 3 N–H and O–H groups in total. The van der Waals surface area contributed by atoms with Crippen LogP contribution in [0.1, 0.15) is 98.8 Å². The summed E-state index contributed by atoms with van der Waals surface area (Å²) in [5.41, 5.74) is 0.405. The van der Waals surface area contributed by atoms with Crippen LogP contribution in [-0.4, -0.2) is 33.5 Å². The third-order valence-corrected chi connectivity index (χ3v) is 11.8. The highest BCUT2D eigenvalue weighted by Crippen LogP contribution is 2.72. The molecule has 0 aromatic carbocycles. The van der Waals surface area contributed by atoms with Crippen molar-refractivity contribution in [3.8, 4) is 0 Å². The number of aliphatic carboxylic acids is 1. The van der Waals surface area contributed by atoms with Gasteiger partial charge in [0, 0.05) is 6.42 Å². The highest BCUT2D eigenvalue weighted by molar-refractivity contribution is 5.66. The fraction of sp³-hybridized carbons (Fsp3) is 0.963. The molecule has 0 saturated heterocycles. The first-order valence-electron chi connectivity index (χ1n) is 13.1. The maximum absolute atomic E-state index is 11.9. The first-order valence-corrected chi connectivity index (χ1v) is 13.1. The van der Waals surface area contributed by atoms with E-state index in [1.807, 2.05) is 0 Å². The van der Waals surface area contributed by atoms with E-state index in [4.69, 9.17) is 0 Å². The summed E-state index contributed by atoms with van der Waals surface area (Å²) in [4.78, 5) is 11.2. The minimum atomic E-state index is -0.685. The van der Waals surface area contributed by atoms with Gasteiger partial charge in [-0.3, -0.25) is 4.79 Å². The van der Waals surface area contributed by atoms with Gasteiger partial charge in [-0.15, -0.1) is 0 Å². The Morgan fingerprint density at radius 3 is 2.35 bits per heavy atom. The molecule has 0 bridgehead atoms. The number of carboxylic acid groups (broad SMARTS) is 1. The zero-order valence-corrected chi connectivity index (χ0v) is 20.4. The molecule has 4 heteroatoms. The van der Waals surface area contributed by atoms with Crippen molar-refractivity contribution in [2.45, 2.75) is 111 Å². The van der Waals surface area contributed by atoms with Crippen LogP contribution in [0.25, 0.3) is 0 Å². The smallest absolute Gasteiger partial charge is 0.303 e. The summed E-state index contributed by atoms with van der Waals surface area (Å²) in [5, 5.41) is 31.6. The number of carbonyl (C=O) groups is 1. The van der Waals surface area contributed by atoms with Crippen LogP contribution < -0.4 is 0 Å². The molecule has 4 fully saturated rings. The van der Waals surface area contributed by atoms with Crippen molar-refractivity contribution >= 4 is 5.97 Å². The van der Waals surface area contributed by atoms with Crippen LogP contribution in [0, 0.1) is 51.8 Å². The summed E-state index contributed by atoms with van der Waals surface area (Å²) in [6, 6.07) is 0. The fourth-order valence-electron chi connectivity index (χ4n) is 10.0. The van der Waals surface area contributed by atoms with E-state index < -0.39 is 5.97 Å². The summed E-state index contributed by atoms with van der Waals surface area (Å²) in [6.07, 6.45) is 9.07. The molecule has 178 valence electrons. The van der Waals surface area contributed by atoms with Crippen molar-refractivity contribution in [2.24, 2.45) is 51.8 Å². The predicted octanol–water partition coefficient (Wildman–Crippen LogP) is 5.50. The van der Waals surface area contributed by atoms with Crippen LogP contribution >= 0.6 is 0 Å². The van der Waals surface area contributed by atoms with Crippen LogP contribution in [0.3, 0.4) is 0 Å². The van der Waals surface area contributed by atoms with Gasteiger partial charge in [0.05, 0.1) is 12.2 Å². The van der Waals surface area contributed by atoms with Crippen LogP contribution in [-0.2, 0) is 4.79 Å². The van der Waals surface area contributed by atoms with Crippen molar-refractivity contribution < 1.29 is 20.1 Å². The molecule has 0 aromatic rings. The lowest BCUT2D eigenvalue weighted by Crippen LogP contribution is -2.66. The van der Waals surface area contributed by atoms with Crippen LogP contribution in [0.2, 0.25) is 0 Å². The number of aliphatic hydroxyl groups excluding tert-OH is 2. The Labute approximate surface area is 189 Å². The topological polar surface area (TPSA) is 77.8 Å². The third kappa shape index (κ3) is 3.33. The van der Waals surface area contributed by atoms with Crippen molar-refractivity contribution in [2.75, 3.05) is 0 Å². The standard InChI is InChI=1S/C27H46O4/c1-6-18-24(31)23-20-9-8-19(16(2)7-10-22(29)30)25(20,3)13-12-21(23)26(4)14-11-17(28)15-27(18,26)5/h16-21,23-24,28,31H,6-15H2,1-5H3,(H,29,30)/t16-,17-,18+,19-,20?,21?,23?,24-,25-,26-,27+/m1/s1. The average molecular weight is 435 g/mol.